The molecule has 1 aromatic rings. The van der Waals surface area contributed by atoms with Gasteiger partial charge in [-0.25, -0.2) is 0 Å². The van der Waals surface area contributed by atoms with Crippen molar-refractivity contribution < 1.29 is 9.53 Å². The molecule has 0 aliphatic rings. The summed E-state index contributed by atoms with van der Waals surface area (Å²) in [7, 11) is 0. The van der Waals surface area contributed by atoms with Gasteiger partial charge >= 0.3 is 0 Å². The highest BCUT2D eigenvalue weighted by molar-refractivity contribution is 5.81. The molecule has 4 nitrogen and oxygen atoms in total. The highest BCUT2D eigenvalue weighted by atomic mass is 16.5. The number of rotatable bonds is 9. The van der Waals surface area contributed by atoms with Crippen molar-refractivity contribution in [1.82, 2.24) is 5.32 Å². The van der Waals surface area contributed by atoms with Crippen LogP contribution in [0.15, 0.2) is 30.3 Å². The third kappa shape index (κ3) is 6.68. The van der Waals surface area contributed by atoms with E-state index in [-0.39, 0.29) is 11.8 Å². The van der Waals surface area contributed by atoms with E-state index >= 15 is 0 Å². The van der Waals surface area contributed by atoms with Crippen molar-refractivity contribution in [2.24, 2.45) is 11.7 Å². The van der Waals surface area contributed by atoms with Crippen LogP contribution in [0.1, 0.15) is 25.8 Å². The van der Waals surface area contributed by atoms with Crippen LogP contribution in [0.5, 0.6) is 0 Å². The summed E-state index contributed by atoms with van der Waals surface area (Å²) in [4.78, 5) is 11.6. The molecule has 1 aromatic carbocycles. The van der Waals surface area contributed by atoms with Crippen molar-refractivity contribution in [2.75, 3.05) is 19.8 Å². The first kappa shape index (κ1) is 16.7. The van der Waals surface area contributed by atoms with Gasteiger partial charge in [-0.2, -0.15) is 0 Å². The zero-order chi connectivity index (χ0) is 14.8. The largest absolute Gasteiger partial charge is 0.381 e. The van der Waals surface area contributed by atoms with Gasteiger partial charge in [0.15, 0.2) is 0 Å². The normalized spacial score (nSPS) is 12.4. The molecule has 0 spiro atoms. The molecule has 0 unspecified atom stereocenters. The molecule has 0 saturated carbocycles. The van der Waals surface area contributed by atoms with E-state index in [0.29, 0.717) is 19.8 Å². The predicted molar refractivity (Wildman–Crippen MR) is 81.4 cm³/mol. The number of nitrogens with two attached hydrogens (primary N) is 1. The number of benzene rings is 1. The maximum absolute atomic E-state index is 11.6. The second-order valence-electron chi connectivity index (χ2n) is 5.26. The average molecular weight is 278 g/mol. The van der Waals surface area contributed by atoms with E-state index in [4.69, 9.17) is 10.5 Å². The van der Waals surface area contributed by atoms with E-state index in [0.717, 1.165) is 12.8 Å². The van der Waals surface area contributed by atoms with Gasteiger partial charge in [0.25, 0.3) is 0 Å². The Hall–Kier alpha value is -1.39. The first-order chi connectivity index (χ1) is 9.61. The summed E-state index contributed by atoms with van der Waals surface area (Å²) in [5.41, 5.74) is 7.02. The quantitative estimate of drug-likeness (QED) is 0.676. The standard InChI is InChI=1S/C16H26N2O2/c1-13(2)15(17)16(19)18-10-6-11-20-12-9-14-7-4-3-5-8-14/h3-5,7-8,13,15H,6,9-12,17H2,1-2H3,(H,18,19)/t15-/m0/s1. The van der Waals surface area contributed by atoms with E-state index < -0.39 is 6.04 Å². The summed E-state index contributed by atoms with van der Waals surface area (Å²) in [5.74, 6) is 0.0846. The van der Waals surface area contributed by atoms with Gasteiger partial charge in [0.2, 0.25) is 5.91 Å². The Kier molecular flexibility index (Phi) is 7.92. The first-order valence-electron chi connectivity index (χ1n) is 7.26. The summed E-state index contributed by atoms with van der Waals surface area (Å²) < 4.78 is 5.54. The molecule has 0 aromatic heterocycles. The van der Waals surface area contributed by atoms with Gasteiger partial charge in [-0.3, -0.25) is 4.79 Å². The minimum Gasteiger partial charge on any atom is -0.381 e. The lowest BCUT2D eigenvalue weighted by molar-refractivity contribution is -0.123. The minimum atomic E-state index is -0.422. The maximum atomic E-state index is 11.6. The van der Waals surface area contributed by atoms with E-state index in [2.05, 4.69) is 17.4 Å². The Morgan fingerprint density at radius 1 is 1.25 bits per heavy atom. The molecule has 0 heterocycles. The Morgan fingerprint density at radius 3 is 2.60 bits per heavy atom. The molecule has 0 radical (unpaired) electrons. The van der Waals surface area contributed by atoms with Crippen LogP contribution in [0.25, 0.3) is 0 Å². The van der Waals surface area contributed by atoms with Crippen LogP contribution in [0.2, 0.25) is 0 Å². The maximum Gasteiger partial charge on any atom is 0.237 e. The molecular weight excluding hydrogens is 252 g/mol. The van der Waals surface area contributed by atoms with Crippen LogP contribution < -0.4 is 11.1 Å². The van der Waals surface area contributed by atoms with E-state index in [1.54, 1.807) is 0 Å². The number of hydrogen-bond donors (Lipinski definition) is 2. The van der Waals surface area contributed by atoms with Crippen molar-refractivity contribution in [2.45, 2.75) is 32.7 Å². The van der Waals surface area contributed by atoms with Crippen LogP contribution in [-0.2, 0) is 16.0 Å². The number of carbonyl (C=O) groups excluding carboxylic acids is 1. The smallest absolute Gasteiger partial charge is 0.237 e. The van der Waals surface area contributed by atoms with E-state index in [1.807, 2.05) is 32.0 Å². The topological polar surface area (TPSA) is 64.4 Å². The molecule has 0 fully saturated rings. The zero-order valence-corrected chi connectivity index (χ0v) is 12.5. The second kappa shape index (κ2) is 9.50. The minimum absolute atomic E-state index is 0.0794. The number of amides is 1. The lowest BCUT2D eigenvalue weighted by Crippen LogP contribution is -2.44. The van der Waals surface area contributed by atoms with E-state index in [1.165, 1.54) is 5.56 Å². The molecule has 0 bridgehead atoms. The highest BCUT2D eigenvalue weighted by Crippen LogP contribution is 2.00. The molecule has 112 valence electrons. The third-order valence-corrected chi connectivity index (χ3v) is 3.16. The fourth-order valence-electron chi connectivity index (χ4n) is 1.74. The fraction of sp³-hybridized carbons (Fsp3) is 0.562. The van der Waals surface area contributed by atoms with Crippen molar-refractivity contribution in [3.8, 4) is 0 Å². The lowest BCUT2D eigenvalue weighted by atomic mass is 10.1. The number of nitrogens with one attached hydrogen (secondary N) is 1. The van der Waals surface area contributed by atoms with Crippen LogP contribution in [-0.4, -0.2) is 31.7 Å². The molecule has 20 heavy (non-hydrogen) atoms. The Bertz CT molecular complexity index is 379. The van der Waals surface area contributed by atoms with Gasteiger partial charge in [-0.15, -0.1) is 0 Å². The van der Waals surface area contributed by atoms with Crippen LogP contribution in [0.3, 0.4) is 0 Å². The molecule has 3 N–H and O–H groups in total. The van der Waals surface area contributed by atoms with Crippen LogP contribution in [0.4, 0.5) is 0 Å². The Balaban J connectivity index is 1.99. The molecule has 0 aliphatic carbocycles. The number of carbonyl (C=O) groups is 1. The fourth-order valence-corrected chi connectivity index (χ4v) is 1.74. The molecule has 0 aliphatic heterocycles. The third-order valence-electron chi connectivity index (χ3n) is 3.16. The molecule has 1 atom stereocenters. The highest BCUT2D eigenvalue weighted by Gasteiger charge is 2.15. The molecule has 4 heteroatoms. The monoisotopic (exact) mass is 278 g/mol. The van der Waals surface area contributed by atoms with Crippen molar-refractivity contribution in [3.63, 3.8) is 0 Å². The van der Waals surface area contributed by atoms with Crippen molar-refractivity contribution in [3.05, 3.63) is 35.9 Å². The average Bonchev–Trinajstić information content (AvgIpc) is 2.46. The molecule has 1 amide bonds. The van der Waals surface area contributed by atoms with Gasteiger partial charge in [0, 0.05) is 13.2 Å². The van der Waals surface area contributed by atoms with Crippen LogP contribution >= 0.6 is 0 Å². The molecular formula is C16H26N2O2. The Morgan fingerprint density at radius 2 is 1.95 bits per heavy atom. The van der Waals surface area contributed by atoms with Crippen LogP contribution in [0, 0.1) is 5.92 Å². The molecule has 0 saturated heterocycles. The van der Waals surface area contributed by atoms with Crippen molar-refractivity contribution >= 4 is 5.91 Å². The van der Waals surface area contributed by atoms with Gasteiger partial charge in [0.1, 0.15) is 0 Å². The first-order valence-corrected chi connectivity index (χ1v) is 7.26. The number of hydrogen-bond acceptors (Lipinski definition) is 3. The Labute approximate surface area is 121 Å². The summed E-state index contributed by atoms with van der Waals surface area (Å²) in [6, 6.07) is 9.84. The van der Waals surface area contributed by atoms with Gasteiger partial charge in [0.05, 0.1) is 12.6 Å². The zero-order valence-electron chi connectivity index (χ0n) is 12.5. The van der Waals surface area contributed by atoms with Gasteiger partial charge in [-0.05, 0) is 24.3 Å². The summed E-state index contributed by atoms with van der Waals surface area (Å²) in [6.07, 6.45) is 1.73. The molecule has 1 rings (SSSR count). The predicted octanol–water partition coefficient (Wildman–Crippen LogP) is 1.74. The summed E-state index contributed by atoms with van der Waals surface area (Å²) in [6.45, 7) is 5.87. The summed E-state index contributed by atoms with van der Waals surface area (Å²) in [5, 5.41) is 2.83. The van der Waals surface area contributed by atoms with E-state index in [9.17, 15) is 4.79 Å². The number of ether oxygens (including phenoxy) is 1. The SMILES string of the molecule is CC(C)[C@H](N)C(=O)NCCCOCCc1ccccc1. The van der Waals surface area contributed by atoms with Gasteiger partial charge in [-0.1, -0.05) is 44.2 Å². The summed E-state index contributed by atoms with van der Waals surface area (Å²) >= 11 is 0. The second-order valence-corrected chi connectivity index (χ2v) is 5.26. The van der Waals surface area contributed by atoms with Crippen molar-refractivity contribution in [1.29, 1.82) is 0 Å². The van der Waals surface area contributed by atoms with Gasteiger partial charge < -0.3 is 15.8 Å². The lowest BCUT2D eigenvalue weighted by Gasteiger charge is -2.15.